The van der Waals surface area contributed by atoms with E-state index < -0.39 is 5.82 Å². The number of benzene rings is 1. The average molecular weight is 464 g/mol. The SMILES string of the molecule is C=C(I)O/C(=N\N)c1ccc(C2=CCN(C(=O)CCl)CC2)c(F)c1. The summed E-state index contributed by atoms with van der Waals surface area (Å²) >= 11 is 7.42. The van der Waals surface area contributed by atoms with Crippen molar-refractivity contribution < 1.29 is 13.9 Å². The van der Waals surface area contributed by atoms with Gasteiger partial charge in [0.2, 0.25) is 11.8 Å². The Morgan fingerprint density at radius 2 is 2.29 bits per heavy atom. The third-order valence-corrected chi connectivity index (χ3v) is 4.01. The van der Waals surface area contributed by atoms with Crippen molar-refractivity contribution in [2.75, 3.05) is 19.0 Å². The van der Waals surface area contributed by atoms with Crippen LogP contribution in [-0.4, -0.2) is 35.7 Å². The van der Waals surface area contributed by atoms with Gasteiger partial charge >= 0.3 is 0 Å². The Morgan fingerprint density at radius 3 is 2.79 bits per heavy atom. The molecular weight excluding hydrogens is 448 g/mol. The van der Waals surface area contributed by atoms with Gasteiger partial charge in [0.15, 0.2) is 3.77 Å². The van der Waals surface area contributed by atoms with Crippen molar-refractivity contribution in [2.45, 2.75) is 6.42 Å². The molecule has 0 saturated carbocycles. The topological polar surface area (TPSA) is 67.9 Å². The molecule has 0 radical (unpaired) electrons. The van der Waals surface area contributed by atoms with E-state index in [2.05, 4.69) is 11.7 Å². The molecule has 2 N–H and O–H groups in total. The van der Waals surface area contributed by atoms with Crippen LogP contribution in [0.25, 0.3) is 5.57 Å². The molecule has 0 aromatic heterocycles. The van der Waals surface area contributed by atoms with Crippen molar-refractivity contribution in [3.05, 3.63) is 51.6 Å². The van der Waals surface area contributed by atoms with Gasteiger partial charge in [0, 0.05) is 24.2 Å². The van der Waals surface area contributed by atoms with Gasteiger partial charge in [0.1, 0.15) is 11.7 Å². The van der Waals surface area contributed by atoms with Crippen LogP contribution < -0.4 is 5.84 Å². The molecule has 1 aromatic rings. The molecule has 0 fully saturated rings. The summed E-state index contributed by atoms with van der Waals surface area (Å²) in [6.45, 7) is 4.54. The zero-order valence-corrected chi connectivity index (χ0v) is 15.7. The van der Waals surface area contributed by atoms with E-state index in [0.717, 1.165) is 5.57 Å². The molecule has 128 valence electrons. The Hall–Kier alpha value is -1.61. The first kappa shape index (κ1) is 18.7. The number of hydrogen-bond donors (Lipinski definition) is 1. The monoisotopic (exact) mass is 463 g/mol. The minimum Gasteiger partial charge on any atom is -0.431 e. The van der Waals surface area contributed by atoms with Crippen molar-refractivity contribution >= 4 is 51.6 Å². The second-order valence-corrected chi connectivity index (χ2v) is 6.51. The number of alkyl halides is 1. The molecule has 24 heavy (non-hydrogen) atoms. The highest BCUT2D eigenvalue weighted by Gasteiger charge is 2.19. The molecule has 0 atom stereocenters. The van der Waals surface area contributed by atoms with Gasteiger partial charge in [-0.2, -0.15) is 0 Å². The van der Waals surface area contributed by atoms with Crippen molar-refractivity contribution in [2.24, 2.45) is 10.9 Å². The summed E-state index contributed by atoms with van der Waals surface area (Å²) in [5.41, 5.74) is 1.76. The van der Waals surface area contributed by atoms with E-state index >= 15 is 0 Å². The summed E-state index contributed by atoms with van der Waals surface area (Å²) in [5.74, 6) is 4.80. The number of carbonyl (C=O) groups is 1. The van der Waals surface area contributed by atoms with Crippen LogP contribution in [-0.2, 0) is 9.53 Å². The van der Waals surface area contributed by atoms with E-state index in [9.17, 15) is 9.18 Å². The second-order valence-electron chi connectivity index (χ2n) is 5.04. The summed E-state index contributed by atoms with van der Waals surface area (Å²) < 4.78 is 20.1. The molecule has 1 amide bonds. The van der Waals surface area contributed by atoms with Crippen molar-refractivity contribution in [3.63, 3.8) is 0 Å². The predicted octanol–water partition coefficient (Wildman–Crippen LogP) is 3.22. The number of carbonyl (C=O) groups excluding carboxylic acids is 1. The summed E-state index contributed by atoms with van der Waals surface area (Å²) in [7, 11) is 0. The fourth-order valence-corrected chi connectivity index (χ4v) is 2.78. The van der Waals surface area contributed by atoms with Crippen molar-refractivity contribution in [3.8, 4) is 0 Å². The van der Waals surface area contributed by atoms with E-state index in [1.165, 1.54) is 6.07 Å². The van der Waals surface area contributed by atoms with Gasteiger partial charge in [-0.25, -0.2) is 4.39 Å². The molecule has 1 aliphatic heterocycles. The van der Waals surface area contributed by atoms with Gasteiger partial charge < -0.3 is 15.5 Å². The second kappa shape index (κ2) is 8.48. The van der Waals surface area contributed by atoms with Crippen LogP contribution in [0, 0.1) is 5.82 Å². The third-order valence-electron chi connectivity index (χ3n) is 3.56. The minimum absolute atomic E-state index is 0.0461. The van der Waals surface area contributed by atoms with Gasteiger partial charge in [-0.15, -0.1) is 16.7 Å². The molecule has 0 bridgehead atoms. The first-order chi connectivity index (χ1) is 11.5. The molecule has 0 aliphatic carbocycles. The van der Waals surface area contributed by atoms with Crippen LogP contribution in [0.2, 0.25) is 0 Å². The normalized spacial score (nSPS) is 15.0. The highest BCUT2D eigenvalue weighted by molar-refractivity contribution is 14.1. The van der Waals surface area contributed by atoms with Crippen LogP contribution >= 0.6 is 34.2 Å². The Morgan fingerprint density at radius 1 is 1.54 bits per heavy atom. The third kappa shape index (κ3) is 4.47. The zero-order valence-electron chi connectivity index (χ0n) is 12.8. The molecule has 0 spiro atoms. The lowest BCUT2D eigenvalue weighted by molar-refractivity contribution is -0.128. The molecule has 0 unspecified atom stereocenters. The Bertz CT molecular complexity index is 721. The molecule has 5 nitrogen and oxygen atoms in total. The summed E-state index contributed by atoms with van der Waals surface area (Å²) in [5, 5.41) is 3.51. The van der Waals surface area contributed by atoms with Gasteiger partial charge in [0.05, 0.1) is 0 Å². The number of nitrogens with zero attached hydrogens (tertiary/aromatic N) is 2. The van der Waals surface area contributed by atoms with E-state index in [1.54, 1.807) is 17.0 Å². The number of amides is 1. The molecular formula is C16H16ClFIN3O2. The molecule has 2 rings (SSSR count). The highest BCUT2D eigenvalue weighted by Crippen LogP contribution is 2.26. The Kier molecular flexibility index (Phi) is 6.61. The number of hydrazone groups is 1. The lowest BCUT2D eigenvalue weighted by atomic mass is 9.97. The minimum atomic E-state index is -0.403. The van der Waals surface area contributed by atoms with Gasteiger partial charge in [-0.3, -0.25) is 4.79 Å². The number of nitrogens with two attached hydrogens (primary N) is 1. The number of hydrogen-bond acceptors (Lipinski definition) is 4. The van der Waals surface area contributed by atoms with Crippen molar-refractivity contribution in [1.82, 2.24) is 4.90 Å². The zero-order chi connectivity index (χ0) is 17.7. The maximum Gasteiger partial charge on any atom is 0.243 e. The average Bonchev–Trinajstić information content (AvgIpc) is 2.59. The molecule has 0 saturated heterocycles. The van der Waals surface area contributed by atoms with Crippen LogP contribution in [0.5, 0.6) is 0 Å². The quantitative estimate of drug-likeness (QED) is 0.142. The number of halogens is 3. The summed E-state index contributed by atoms with van der Waals surface area (Å²) in [4.78, 5) is 13.2. The first-order valence-electron chi connectivity index (χ1n) is 7.09. The maximum absolute atomic E-state index is 14.5. The van der Waals surface area contributed by atoms with Crippen LogP contribution in [0.4, 0.5) is 4.39 Å². The standard InChI is InChI=1S/C16H16ClFIN3O2/c1-10(19)24-16(21-20)12-2-3-13(14(18)8-12)11-4-6-22(7-5-11)15(23)9-17/h2-4,8H,1,5-7,9,20H2/b21-16-. The largest absolute Gasteiger partial charge is 0.431 e. The smallest absolute Gasteiger partial charge is 0.243 e. The highest BCUT2D eigenvalue weighted by atomic mass is 127. The van der Waals surface area contributed by atoms with E-state index in [-0.39, 0.29) is 17.7 Å². The van der Waals surface area contributed by atoms with Crippen LogP contribution in [0.1, 0.15) is 17.5 Å². The molecule has 1 aliphatic rings. The predicted molar refractivity (Wildman–Crippen MR) is 101 cm³/mol. The summed E-state index contributed by atoms with van der Waals surface area (Å²) in [6.07, 6.45) is 2.41. The molecule has 1 aromatic carbocycles. The van der Waals surface area contributed by atoms with Crippen LogP contribution in [0.3, 0.4) is 0 Å². The first-order valence-corrected chi connectivity index (χ1v) is 8.70. The van der Waals surface area contributed by atoms with E-state index in [4.69, 9.17) is 22.2 Å². The van der Waals surface area contributed by atoms with E-state index in [1.807, 2.05) is 28.7 Å². The van der Waals surface area contributed by atoms with E-state index in [0.29, 0.717) is 34.4 Å². The Labute approximate surface area is 158 Å². The maximum atomic E-state index is 14.5. The number of ether oxygens (including phenoxy) is 1. The fourth-order valence-electron chi connectivity index (χ4n) is 2.40. The molecule has 8 heteroatoms. The van der Waals surface area contributed by atoms with Crippen molar-refractivity contribution in [1.29, 1.82) is 0 Å². The van der Waals surface area contributed by atoms with Crippen LogP contribution in [0.15, 0.2) is 39.7 Å². The van der Waals surface area contributed by atoms with Gasteiger partial charge in [-0.05, 0) is 53.3 Å². The Balaban J connectivity index is 2.20. The lowest BCUT2D eigenvalue weighted by Crippen LogP contribution is -2.35. The summed E-state index contributed by atoms with van der Waals surface area (Å²) in [6, 6.07) is 4.65. The fraction of sp³-hybridized carbons (Fsp3) is 0.250. The lowest BCUT2D eigenvalue weighted by Gasteiger charge is -2.26. The van der Waals surface area contributed by atoms with Gasteiger partial charge in [0.25, 0.3) is 0 Å². The molecule has 1 heterocycles. The van der Waals surface area contributed by atoms with Gasteiger partial charge in [-0.1, -0.05) is 12.1 Å². The number of rotatable bonds is 4.